The van der Waals surface area contributed by atoms with E-state index >= 15 is 0 Å². The molecule has 0 saturated carbocycles. The Labute approximate surface area is 110 Å². The summed E-state index contributed by atoms with van der Waals surface area (Å²) in [6.07, 6.45) is 1.90. The smallest absolute Gasteiger partial charge is 0.0187 e. The average molecular weight is 249 g/mol. The van der Waals surface area contributed by atoms with Gasteiger partial charge in [0.1, 0.15) is 0 Å². The van der Waals surface area contributed by atoms with Gasteiger partial charge in [-0.1, -0.05) is 42.3 Å². The van der Waals surface area contributed by atoms with E-state index < -0.39 is 0 Å². The molecule has 0 amide bonds. The van der Waals surface area contributed by atoms with Crippen molar-refractivity contribution in [1.82, 2.24) is 5.32 Å². The summed E-state index contributed by atoms with van der Waals surface area (Å²) < 4.78 is 0. The normalized spacial score (nSPS) is 12.4. The highest BCUT2D eigenvalue weighted by atomic mass is 32.2. The monoisotopic (exact) mass is 249 g/mol. The van der Waals surface area contributed by atoms with E-state index in [9.17, 15) is 0 Å². The molecule has 0 radical (unpaired) electrons. The summed E-state index contributed by atoms with van der Waals surface area (Å²) in [5, 5.41) is 3.99. The van der Waals surface area contributed by atoms with Gasteiger partial charge >= 0.3 is 0 Å². The van der Waals surface area contributed by atoms with Gasteiger partial charge in [0, 0.05) is 24.1 Å². The second-order valence-corrected chi connectivity index (χ2v) is 5.99. The lowest BCUT2D eigenvalue weighted by atomic mass is 10.1. The van der Waals surface area contributed by atoms with Crippen molar-refractivity contribution in [2.45, 2.75) is 31.8 Å². The molecule has 0 fully saturated rings. The topological polar surface area (TPSA) is 12.0 Å². The van der Waals surface area contributed by atoms with E-state index in [1.807, 2.05) is 17.8 Å². The Morgan fingerprint density at radius 2 is 1.94 bits per heavy atom. The largest absolute Gasteiger partial charge is 0.312 e. The van der Waals surface area contributed by atoms with Crippen LogP contribution in [0.4, 0.5) is 0 Å². The second-order valence-electron chi connectivity index (χ2n) is 4.56. The first-order valence-electron chi connectivity index (χ1n) is 6.12. The standard InChI is InChI=1S/C15H23NS/c1-5-6-16-10-14(4)17-11-15-8-12(2)7-13(3)9-15/h5,7-9,14,16H,1,6,10-11H2,2-4H3. The Morgan fingerprint density at radius 1 is 1.29 bits per heavy atom. The SMILES string of the molecule is C=CCNCC(C)SCc1cc(C)cc(C)c1. The number of hydrogen-bond acceptors (Lipinski definition) is 2. The predicted octanol–water partition coefficient (Wildman–Crippen LogP) is 3.70. The Balaban J connectivity index is 2.36. The summed E-state index contributed by atoms with van der Waals surface area (Å²) in [5.74, 6) is 1.10. The summed E-state index contributed by atoms with van der Waals surface area (Å²) in [5.41, 5.74) is 4.15. The molecule has 2 heteroatoms. The van der Waals surface area contributed by atoms with Gasteiger partial charge < -0.3 is 5.32 Å². The Bertz CT molecular complexity index is 340. The van der Waals surface area contributed by atoms with Crippen molar-refractivity contribution < 1.29 is 0 Å². The lowest BCUT2D eigenvalue weighted by Gasteiger charge is -2.12. The minimum atomic E-state index is 0.635. The van der Waals surface area contributed by atoms with E-state index in [-0.39, 0.29) is 0 Å². The maximum atomic E-state index is 3.70. The fourth-order valence-electron chi connectivity index (χ4n) is 1.84. The van der Waals surface area contributed by atoms with Crippen LogP contribution in [0.1, 0.15) is 23.6 Å². The van der Waals surface area contributed by atoms with Crippen molar-refractivity contribution in [3.63, 3.8) is 0 Å². The van der Waals surface area contributed by atoms with Crippen molar-refractivity contribution in [3.8, 4) is 0 Å². The van der Waals surface area contributed by atoms with Gasteiger partial charge in [0.15, 0.2) is 0 Å². The van der Waals surface area contributed by atoms with Gasteiger partial charge in [-0.15, -0.1) is 6.58 Å². The predicted molar refractivity (Wildman–Crippen MR) is 79.7 cm³/mol. The van der Waals surface area contributed by atoms with Crippen LogP contribution >= 0.6 is 11.8 Å². The molecular formula is C15H23NS. The van der Waals surface area contributed by atoms with Crippen LogP contribution in [0.5, 0.6) is 0 Å². The third-order valence-electron chi connectivity index (χ3n) is 2.54. The summed E-state index contributed by atoms with van der Waals surface area (Å²) in [6, 6.07) is 6.79. The molecule has 1 aromatic carbocycles. The summed E-state index contributed by atoms with van der Waals surface area (Å²) in [6.45, 7) is 12.2. The average Bonchev–Trinajstić information content (AvgIpc) is 2.25. The van der Waals surface area contributed by atoms with Crippen LogP contribution in [-0.2, 0) is 5.75 Å². The lowest BCUT2D eigenvalue weighted by molar-refractivity contribution is 0.740. The minimum absolute atomic E-state index is 0.635. The third kappa shape index (κ3) is 5.94. The Hall–Kier alpha value is -0.730. The van der Waals surface area contributed by atoms with Crippen LogP contribution in [-0.4, -0.2) is 18.3 Å². The highest BCUT2D eigenvalue weighted by Gasteiger charge is 2.03. The second kappa shape index (κ2) is 7.57. The van der Waals surface area contributed by atoms with E-state index in [2.05, 4.69) is 50.9 Å². The molecular weight excluding hydrogens is 226 g/mol. The highest BCUT2D eigenvalue weighted by Crippen LogP contribution is 2.19. The van der Waals surface area contributed by atoms with Crippen LogP contribution in [0, 0.1) is 13.8 Å². The molecule has 0 aliphatic carbocycles. The van der Waals surface area contributed by atoms with Crippen molar-refractivity contribution in [2.24, 2.45) is 0 Å². The fraction of sp³-hybridized carbons (Fsp3) is 0.467. The molecule has 0 aromatic heterocycles. The molecule has 0 aliphatic rings. The van der Waals surface area contributed by atoms with Crippen LogP contribution in [0.2, 0.25) is 0 Å². The van der Waals surface area contributed by atoms with Gasteiger partial charge in [-0.3, -0.25) is 0 Å². The van der Waals surface area contributed by atoms with Crippen LogP contribution in [0.3, 0.4) is 0 Å². The van der Waals surface area contributed by atoms with Gasteiger partial charge in [-0.25, -0.2) is 0 Å². The molecule has 1 nitrogen and oxygen atoms in total. The number of benzene rings is 1. The van der Waals surface area contributed by atoms with Crippen molar-refractivity contribution in [2.75, 3.05) is 13.1 Å². The zero-order valence-electron chi connectivity index (χ0n) is 11.1. The number of hydrogen-bond donors (Lipinski definition) is 1. The maximum Gasteiger partial charge on any atom is 0.0187 e. The number of nitrogens with one attached hydrogen (secondary N) is 1. The maximum absolute atomic E-state index is 3.70. The molecule has 1 atom stereocenters. The molecule has 1 aromatic rings. The first-order valence-corrected chi connectivity index (χ1v) is 7.17. The van der Waals surface area contributed by atoms with E-state index in [1.54, 1.807) is 0 Å². The Morgan fingerprint density at radius 3 is 2.53 bits per heavy atom. The molecule has 17 heavy (non-hydrogen) atoms. The Kier molecular flexibility index (Phi) is 6.38. The van der Waals surface area contributed by atoms with Gasteiger partial charge in [-0.2, -0.15) is 11.8 Å². The molecule has 94 valence electrons. The van der Waals surface area contributed by atoms with E-state index in [0.717, 1.165) is 18.8 Å². The van der Waals surface area contributed by atoms with E-state index in [0.29, 0.717) is 5.25 Å². The van der Waals surface area contributed by atoms with E-state index in [1.165, 1.54) is 16.7 Å². The van der Waals surface area contributed by atoms with E-state index in [4.69, 9.17) is 0 Å². The van der Waals surface area contributed by atoms with Gasteiger partial charge in [-0.05, 0) is 19.4 Å². The zero-order chi connectivity index (χ0) is 12.7. The molecule has 0 aliphatic heterocycles. The molecule has 1 N–H and O–H groups in total. The highest BCUT2D eigenvalue weighted by molar-refractivity contribution is 7.99. The van der Waals surface area contributed by atoms with Crippen LogP contribution in [0.15, 0.2) is 30.9 Å². The van der Waals surface area contributed by atoms with Crippen LogP contribution in [0.25, 0.3) is 0 Å². The van der Waals surface area contributed by atoms with Crippen molar-refractivity contribution in [3.05, 3.63) is 47.5 Å². The van der Waals surface area contributed by atoms with Crippen LogP contribution < -0.4 is 5.32 Å². The summed E-state index contributed by atoms with van der Waals surface area (Å²) in [7, 11) is 0. The van der Waals surface area contributed by atoms with Crippen molar-refractivity contribution >= 4 is 11.8 Å². The molecule has 1 unspecified atom stereocenters. The first kappa shape index (κ1) is 14.3. The van der Waals surface area contributed by atoms with Crippen molar-refractivity contribution in [1.29, 1.82) is 0 Å². The summed E-state index contributed by atoms with van der Waals surface area (Å²) in [4.78, 5) is 0. The molecule has 0 spiro atoms. The number of aryl methyl sites for hydroxylation is 2. The van der Waals surface area contributed by atoms with Gasteiger partial charge in [0.05, 0.1) is 0 Å². The third-order valence-corrected chi connectivity index (χ3v) is 3.77. The zero-order valence-corrected chi connectivity index (χ0v) is 11.9. The molecule has 1 rings (SSSR count). The fourth-order valence-corrected chi connectivity index (χ4v) is 2.72. The molecule has 0 saturated heterocycles. The molecule has 0 heterocycles. The minimum Gasteiger partial charge on any atom is -0.312 e. The van der Waals surface area contributed by atoms with Gasteiger partial charge in [0.25, 0.3) is 0 Å². The first-order chi connectivity index (χ1) is 8.11. The number of thioether (sulfide) groups is 1. The number of rotatable bonds is 7. The molecule has 0 bridgehead atoms. The lowest BCUT2D eigenvalue weighted by Crippen LogP contribution is -2.22. The quantitative estimate of drug-likeness (QED) is 0.584. The van der Waals surface area contributed by atoms with Gasteiger partial charge in [0.2, 0.25) is 0 Å². The summed E-state index contributed by atoms with van der Waals surface area (Å²) >= 11 is 2.00.